The Kier molecular flexibility index (Phi) is 4.46. The molecular formula is C20H18ClNO. The molecular weight excluding hydrogens is 306 g/mol. The van der Waals surface area contributed by atoms with Crippen LogP contribution in [0.5, 0.6) is 0 Å². The summed E-state index contributed by atoms with van der Waals surface area (Å²) in [5.74, 6) is -0.289. The van der Waals surface area contributed by atoms with Crippen LogP contribution in [0, 0.1) is 0 Å². The van der Waals surface area contributed by atoms with Gasteiger partial charge in [0, 0.05) is 11.2 Å². The van der Waals surface area contributed by atoms with Gasteiger partial charge in [-0.15, -0.1) is 0 Å². The molecule has 1 aromatic heterocycles. The SMILES string of the molecule is C[C@](O)(c1cccc(Cl)c1)[C@H](c1ccccc1)c1ccccn1. The molecule has 0 aliphatic rings. The maximum Gasteiger partial charge on any atom is 0.0992 e. The molecule has 0 saturated heterocycles. The zero-order valence-electron chi connectivity index (χ0n) is 12.9. The summed E-state index contributed by atoms with van der Waals surface area (Å²) < 4.78 is 0. The topological polar surface area (TPSA) is 33.1 Å². The Morgan fingerprint density at radius 3 is 2.35 bits per heavy atom. The highest BCUT2D eigenvalue weighted by Crippen LogP contribution is 2.41. The number of benzene rings is 2. The van der Waals surface area contributed by atoms with E-state index in [4.69, 9.17) is 11.6 Å². The van der Waals surface area contributed by atoms with Crippen LogP contribution in [0.15, 0.2) is 79.0 Å². The summed E-state index contributed by atoms with van der Waals surface area (Å²) in [6.07, 6.45) is 1.75. The number of nitrogens with zero attached hydrogens (tertiary/aromatic N) is 1. The fourth-order valence-electron chi connectivity index (χ4n) is 2.95. The maximum absolute atomic E-state index is 11.4. The van der Waals surface area contributed by atoms with Crippen LogP contribution in [0.25, 0.3) is 0 Å². The smallest absolute Gasteiger partial charge is 0.0992 e. The van der Waals surface area contributed by atoms with Crippen LogP contribution in [0.4, 0.5) is 0 Å². The molecule has 0 bridgehead atoms. The predicted molar refractivity (Wildman–Crippen MR) is 93.5 cm³/mol. The lowest BCUT2D eigenvalue weighted by molar-refractivity contribution is 0.0380. The van der Waals surface area contributed by atoms with E-state index in [0.29, 0.717) is 5.02 Å². The Balaban J connectivity index is 2.15. The van der Waals surface area contributed by atoms with Gasteiger partial charge in [0.1, 0.15) is 0 Å². The van der Waals surface area contributed by atoms with E-state index in [-0.39, 0.29) is 5.92 Å². The summed E-state index contributed by atoms with van der Waals surface area (Å²) in [5, 5.41) is 12.0. The molecule has 1 N–H and O–H groups in total. The van der Waals surface area contributed by atoms with Crippen molar-refractivity contribution in [2.75, 3.05) is 0 Å². The van der Waals surface area contributed by atoms with Crippen molar-refractivity contribution in [3.63, 3.8) is 0 Å². The Hall–Kier alpha value is -2.16. The number of aliphatic hydroxyl groups is 1. The molecule has 0 spiro atoms. The zero-order valence-corrected chi connectivity index (χ0v) is 13.6. The fourth-order valence-corrected chi connectivity index (χ4v) is 3.14. The molecule has 116 valence electrons. The predicted octanol–water partition coefficient (Wildman–Crippen LogP) is 4.77. The third-order valence-corrected chi connectivity index (χ3v) is 4.32. The van der Waals surface area contributed by atoms with E-state index >= 15 is 0 Å². The minimum Gasteiger partial charge on any atom is -0.384 e. The monoisotopic (exact) mass is 323 g/mol. The van der Waals surface area contributed by atoms with E-state index in [1.165, 1.54) is 0 Å². The molecule has 2 aromatic carbocycles. The second-order valence-corrected chi connectivity index (χ2v) is 6.19. The third kappa shape index (κ3) is 3.29. The highest BCUT2D eigenvalue weighted by Gasteiger charge is 2.37. The van der Waals surface area contributed by atoms with Crippen molar-refractivity contribution in [2.45, 2.75) is 18.4 Å². The van der Waals surface area contributed by atoms with Crippen LogP contribution in [0.1, 0.15) is 29.7 Å². The second-order valence-electron chi connectivity index (χ2n) is 5.76. The van der Waals surface area contributed by atoms with Gasteiger partial charge in [-0.05, 0) is 42.3 Å². The van der Waals surface area contributed by atoms with E-state index in [1.807, 2.05) is 67.6 Å². The lowest BCUT2D eigenvalue weighted by Crippen LogP contribution is -2.31. The molecule has 0 amide bonds. The Bertz CT molecular complexity index is 732. The van der Waals surface area contributed by atoms with Crippen molar-refractivity contribution in [3.8, 4) is 0 Å². The maximum atomic E-state index is 11.4. The molecule has 0 fully saturated rings. The van der Waals surface area contributed by atoms with Gasteiger partial charge in [0.15, 0.2) is 0 Å². The van der Waals surface area contributed by atoms with Gasteiger partial charge >= 0.3 is 0 Å². The number of pyridine rings is 1. The molecule has 0 radical (unpaired) electrons. The molecule has 2 nitrogen and oxygen atoms in total. The first-order valence-corrected chi connectivity index (χ1v) is 7.91. The highest BCUT2D eigenvalue weighted by atomic mass is 35.5. The summed E-state index contributed by atoms with van der Waals surface area (Å²) >= 11 is 6.12. The molecule has 2 atom stereocenters. The number of rotatable bonds is 4. The average molecular weight is 324 g/mol. The van der Waals surface area contributed by atoms with Gasteiger partial charge in [0.2, 0.25) is 0 Å². The Labute approximate surface area is 141 Å². The fraction of sp³-hybridized carbons (Fsp3) is 0.150. The molecule has 0 aliphatic heterocycles. The average Bonchev–Trinajstić information content (AvgIpc) is 2.57. The molecule has 0 unspecified atom stereocenters. The minimum absolute atomic E-state index is 0.289. The van der Waals surface area contributed by atoms with E-state index in [2.05, 4.69) is 4.98 Å². The number of halogens is 1. The van der Waals surface area contributed by atoms with Crippen LogP contribution < -0.4 is 0 Å². The first kappa shape index (κ1) is 15.7. The van der Waals surface area contributed by atoms with Gasteiger partial charge in [-0.25, -0.2) is 0 Å². The zero-order chi connectivity index (χ0) is 16.3. The largest absolute Gasteiger partial charge is 0.384 e. The summed E-state index contributed by atoms with van der Waals surface area (Å²) in [6, 6.07) is 23.0. The molecule has 3 heteroatoms. The molecule has 0 aliphatic carbocycles. The molecule has 23 heavy (non-hydrogen) atoms. The normalized spacial score (nSPS) is 14.9. The van der Waals surface area contributed by atoms with Crippen LogP contribution in [0.2, 0.25) is 5.02 Å². The molecule has 1 heterocycles. The molecule has 0 saturated carbocycles. The molecule has 3 rings (SSSR count). The van der Waals surface area contributed by atoms with E-state index < -0.39 is 5.60 Å². The highest BCUT2D eigenvalue weighted by molar-refractivity contribution is 6.30. The standard InChI is InChI=1S/C20H18ClNO/c1-20(23,16-10-7-11-17(21)14-16)19(15-8-3-2-4-9-15)18-12-5-6-13-22-18/h2-14,19,23H,1H3/t19-,20+/m1/s1. The van der Waals surface area contributed by atoms with Crippen molar-refractivity contribution in [3.05, 3.63) is 101 Å². The van der Waals surface area contributed by atoms with Crippen LogP contribution in [-0.4, -0.2) is 10.1 Å². The lowest BCUT2D eigenvalue weighted by Gasteiger charge is -2.33. The van der Waals surface area contributed by atoms with Crippen LogP contribution in [-0.2, 0) is 5.60 Å². The summed E-state index contributed by atoms with van der Waals surface area (Å²) in [6.45, 7) is 1.81. The van der Waals surface area contributed by atoms with Crippen LogP contribution in [0.3, 0.4) is 0 Å². The van der Waals surface area contributed by atoms with Crippen molar-refractivity contribution in [1.82, 2.24) is 4.98 Å². The summed E-state index contributed by atoms with van der Waals surface area (Å²) in [7, 11) is 0. The van der Waals surface area contributed by atoms with Gasteiger partial charge in [-0.1, -0.05) is 60.1 Å². The number of hydrogen-bond donors (Lipinski definition) is 1. The van der Waals surface area contributed by atoms with Crippen LogP contribution >= 0.6 is 11.6 Å². The third-order valence-electron chi connectivity index (χ3n) is 4.09. The van der Waals surface area contributed by atoms with Crippen molar-refractivity contribution >= 4 is 11.6 Å². The molecule has 3 aromatic rings. The van der Waals surface area contributed by atoms with Gasteiger partial charge < -0.3 is 5.11 Å². The van der Waals surface area contributed by atoms with Gasteiger partial charge in [-0.2, -0.15) is 0 Å². The number of aromatic nitrogens is 1. The van der Waals surface area contributed by atoms with Gasteiger partial charge in [-0.3, -0.25) is 4.98 Å². The van der Waals surface area contributed by atoms with Crippen molar-refractivity contribution in [2.24, 2.45) is 0 Å². The summed E-state index contributed by atoms with van der Waals surface area (Å²) in [4.78, 5) is 4.48. The van der Waals surface area contributed by atoms with Crippen molar-refractivity contribution < 1.29 is 5.11 Å². The van der Waals surface area contributed by atoms with Gasteiger partial charge in [0.25, 0.3) is 0 Å². The Morgan fingerprint density at radius 1 is 0.957 bits per heavy atom. The second kappa shape index (κ2) is 6.53. The quantitative estimate of drug-likeness (QED) is 0.750. The number of hydrogen-bond acceptors (Lipinski definition) is 2. The first-order chi connectivity index (χ1) is 11.1. The summed E-state index contributed by atoms with van der Waals surface area (Å²) in [5.41, 5.74) is 1.46. The van der Waals surface area contributed by atoms with Crippen molar-refractivity contribution in [1.29, 1.82) is 0 Å². The first-order valence-electron chi connectivity index (χ1n) is 7.53. The van der Waals surface area contributed by atoms with Gasteiger partial charge in [0.05, 0.1) is 17.2 Å². The van der Waals surface area contributed by atoms with E-state index in [1.54, 1.807) is 18.3 Å². The Morgan fingerprint density at radius 2 is 1.70 bits per heavy atom. The van der Waals surface area contributed by atoms with E-state index in [9.17, 15) is 5.11 Å². The minimum atomic E-state index is -1.14. The lowest BCUT2D eigenvalue weighted by atomic mass is 9.76. The van der Waals surface area contributed by atoms with E-state index in [0.717, 1.165) is 16.8 Å².